The fourth-order valence-electron chi connectivity index (χ4n) is 4.72. The Labute approximate surface area is 201 Å². The van der Waals surface area contributed by atoms with Gasteiger partial charge < -0.3 is 10.1 Å². The maximum Gasteiger partial charge on any atom is 0.264 e. The molecule has 33 heavy (non-hydrogen) atoms. The number of hydrogen-bond donors (Lipinski definition) is 1. The first-order valence-corrected chi connectivity index (χ1v) is 12.1. The highest BCUT2D eigenvalue weighted by Gasteiger charge is 2.43. The summed E-state index contributed by atoms with van der Waals surface area (Å²) in [5.41, 5.74) is 1.50. The highest BCUT2D eigenvalue weighted by atomic mass is 35.5. The molecule has 4 nitrogen and oxygen atoms in total. The van der Waals surface area contributed by atoms with Crippen molar-refractivity contribution in [3.8, 4) is 5.75 Å². The average Bonchev–Trinajstić information content (AvgIpc) is 2.85. The van der Waals surface area contributed by atoms with Gasteiger partial charge in [0.15, 0.2) is 5.60 Å². The molecular weight excluding hydrogens is 432 g/mol. The van der Waals surface area contributed by atoms with Crippen molar-refractivity contribution in [3.05, 3.63) is 95.3 Å². The van der Waals surface area contributed by atoms with Crippen LogP contribution in [0.5, 0.6) is 5.75 Å². The van der Waals surface area contributed by atoms with Gasteiger partial charge in [-0.3, -0.25) is 9.78 Å². The fourth-order valence-corrected chi connectivity index (χ4v) is 4.85. The number of hydrogen-bond acceptors (Lipinski definition) is 3. The number of benzene rings is 2. The molecule has 172 valence electrons. The Kier molecular flexibility index (Phi) is 7.66. The topological polar surface area (TPSA) is 51.2 Å². The van der Waals surface area contributed by atoms with Crippen LogP contribution in [0, 0.1) is 0 Å². The number of halogens is 1. The van der Waals surface area contributed by atoms with Gasteiger partial charge in [0, 0.05) is 29.4 Å². The second kappa shape index (κ2) is 10.8. The molecule has 0 aliphatic heterocycles. The Balaban J connectivity index is 1.55. The van der Waals surface area contributed by atoms with Crippen LogP contribution in [0.4, 0.5) is 0 Å². The van der Waals surface area contributed by atoms with Crippen LogP contribution in [0.3, 0.4) is 0 Å². The van der Waals surface area contributed by atoms with E-state index < -0.39 is 5.60 Å². The second-order valence-electron chi connectivity index (χ2n) is 8.95. The van der Waals surface area contributed by atoms with E-state index in [0.29, 0.717) is 0 Å². The fraction of sp³-hybridized carbons (Fsp3) is 0.357. The zero-order valence-electron chi connectivity index (χ0n) is 19.0. The summed E-state index contributed by atoms with van der Waals surface area (Å²) in [4.78, 5) is 17.9. The molecule has 0 saturated heterocycles. The Bertz CT molecular complexity index is 1020. The van der Waals surface area contributed by atoms with Gasteiger partial charge in [0.2, 0.25) is 0 Å². The van der Waals surface area contributed by atoms with Crippen LogP contribution in [-0.4, -0.2) is 22.5 Å². The minimum atomic E-state index is -0.822. The van der Waals surface area contributed by atoms with E-state index in [9.17, 15) is 4.79 Å². The number of para-hydroxylation sites is 1. The predicted molar refractivity (Wildman–Crippen MR) is 133 cm³/mol. The average molecular weight is 463 g/mol. The summed E-state index contributed by atoms with van der Waals surface area (Å²) in [7, 11) is 0. The lowest BCUT2D eigenvalue weighted by atomic mass is 9.82. The zero-order chi connectivity index (χ0) is 23.1. The predicted octanol–water partition coefficient (Wildman–Crippen LogP) is 6.35. The van der Waals surface area contributed by atoms with E-state index in [2.05, 4.69) is 17.2 Å². The van der Waals surface area contributed by atoms with Crippen molar-refractivity contribution < 1.29 is 9.53 Å². The molecule has 1 aromatic heterocycles. The largest absolute Gasteiger partial charge is 0.477 e. The van der Waals surface area contributed by atoms with E-state index in [1.54, 1.807) is 12.4 Å². The lowest BCUT2D eigenvalue weighted by molar-refractivity contribution is -0.140. The van der Waals surface area contributed by atoms with Crippen LogP contribution in [0.2, 0.25) is 5.02 Å². The molecule has 1 heterocycles. The van der Waals surface area contributed by atoms with Gasteiger partial charge in [-0.25, -0.2) is 0 Å². The SMILES string of the molecule is CC(NC(=O)C1(Oc2ccccc2)CCCCC1)C(Cc1ccc(Cl)cc1)c1ccncc1. The van der Waals surface area contributed by atoms with Crippen molar-refractivity contribution in [2.45, 2.75) is 63.0 Å². The summed E-state index contributed by atoms with van der Waals surface area (Å²) in [6.45, 7) is 2.08. The summed E-state index contributed by atoms with van der Waals surface area (Å²) in [6.07, 6.45) is 8.99. The van der Waals surface area contributed by atoms with Gasteiger partial charge in [-0.2, -0.15) is 0 Å². The number of pyridine rings is 1. The molecule has 4 rings (SSSR count). The van der Waals surface area contributed by atoms with E-state index in [1.807, 2.05) is 66.7 Å². The van der Waals surface area contributed by atoms with E-state index >= 15 is 0 Å². The van der Waals surface area contributed by atoms with Gasteiger partial charge in [0.05, 0.1) is 0 Å². The van der Waals surface area contributed by atoms with Gasteiger partial charge >= 0.3 is 0 Å². The van der Waals surface area contributed by atoms with E-state index in [1.165, 1.54) is 5.56 Å². The third-order valence-electron chi connectivity index (χ3n) is 6.60. The molecule has 1 saturated carbocycles. The first kappa shape index (κ1) is 23.3. The quantitative estimate of drug-likeness (QED) is 0.424. The zero-order valence-corrected chi connectivity index (χ0v) is 19.8. The lowest BCUT2D eigenvalue weighted by Crippen LogP contribution is -2.55. The number of nitrogens with one attached hydrogen (secondary N) is 1. The second-order valence-corrected chi connectivity index (χ2v) is 9.39. The number of amides is 1. The molecule has 1 N–H and O–H groups in total. The van der Waals surface area contributed by atoms with Crippen LogP contribution >= 0.6 is 11.6 Å². The molecule has 0 spiro atoms. The van der Waals surface area contributed by atoms with Gasteiger partial charge in [-0.15, -0.1) is 0 Å². The van der Waals surface area contributed by atoms with E-state index in [4.69, 9.17) is 16.3 Å². The van der Waals surface area contributed by atoms with Crippen LogP contribution in [0.15, 0.2) is 79.1 Å². The van der Waals surface area contributed by atoms with Gasteiger partial charge in [0.25, 0.3) is 5.91 Å². The van der Waals surface area contributed by atoms with E-state index in [-0.39, 0.29) is 17.9 Å². The summed E-state index contributed by atoms with van der Waals surface area (Å²) in [5, 5.41) is 4.05. The molecule has 0 bridgehead atoms. The number of rotatable bonds is 8. The summed E-state index contributed by atoms with van der Waals surface area (Å²) >= 11 is 6.09. The van der Waals surface area contributed by atoms with Crippen LogP contribution in [-0.2, 0) is 11.2 Å². The van der Waals surface area contributed by atoms with Gasteiger partial charge in [-0.1, -0.05) is 48.4 Å². The molecule has 0 radical (unpaired) electrons. The molecule has 5 heteroatoms. The summed E-state index contributed by atoms with van der Waals surface area (Å²) < 4.78 is 6.39. The van der Waals surface area contributed by atoms with Crippen molar-refractivity contribution >= 4 is 17.5 Å². The molecular formula is C28H31ClN2O2. The first-order valence-electron chi connectivity index (χ1n) is 11.8. The highest BCUT2D eigenvalue weighted by Crippen LogP contribution is 2.34. The van der Waals surface area contributed by atoms with Gasteiger partial charge in [-0.05, 0) is 86.6 Å². The Morgan fingerprint density at radius 2 is 1.67 bits per heavy atom. The molecule has 1 aliphatic carbocycles. The standard InChI is InChI=1S/C28H31ClN2O2/c1-21(26(23-14-18-30-19-15-23)20-22-10-12-24(29)13-11-22)31-27(32)28(16-6-3-7-17-28)33-25-8-4-2-5-9-25/h2,4-5,8-15,18-19,21,26H,3,6-7,16-17,20H2,1H3,(H,31,32). The third kappa shape index (κ3) is 5.94. The molecule has 2 atom stereocenters. The van der Waals surface area contributed by atoms with Crippen LogP contribution in [0.1, 0.15) is 56.1 Å². The van der Waals surface area contributed by atoms with Gasteiger partial charge in [0.1, 0.15) is 5.75 Å². The molecule has 1 aliphatic rings. The minimum absolute atomic E-state index is 0.0197. The first-order chi connectivity index (χ1) is 16.1. The molecule has 1 fully saturated rings. The molecule has 3 aromatic rings. The van der Waals surface area contributed by atoms with Crippen LogP contribution < -0.4 is 10.1 Å². The highest BCUT2D eigenvalue weighted by molar-refractivity contribution is 6.30. The lowest BCUT2D eigenvalue weighted by Gasteiger charge is -2.38. The van der Waals surface area contributed by atoms with E-state index in [0.717, 1.165) is 54.9 Å². The molecule has 2 unspecified atom stereocenters. The van der Waals surface area contributed by atoms with Crippen molar-refractivity contribution in [1.82, 2.24) is 10.3 Å². The third-order valence-corrected chi connectivity index (χ3v) is 6.85. The Morgan fingerprint density at radius 3 is 2.33 bits per heavy atom. The molecule has 1 amide bonds. The number of carbonyl (C=O) groups excluding carboxylic acids is 1. The Hall–Kier alpha value is -2.85. The van der Waals surface area contributed by atoms with Crippen molar-refractivity contribution in [3.63, 3.8) is 0 Å². The summed E-state index contributed by atoms with van der Waals surface area (Å²) in [5.74, 6) is 0.818. The smallest absolute Gasteiger partial charge is 0.264 e. The van der Waals surface area contributed by atoms with Crippen molar-refractivity contribution in [2.24, 2.45) is 0 Å². The van der Waals surface area contributed by atoms with Crippen molar-refractivity contribution in [2.75, 3.05) is 0 Å². The number of aromatic nitrogens is 1. The number of nitrogens with zero attached hydrogens (tertiary/aromatic N) is 1. The van der Waals surface area contributed by atoms with Crippen molar-refractivity contribution in [1.29, 1.82) is 0 Å². The summed E-state index contributed by atoms with van der Waals surface area (Å²) in [6, 6.07) is 21.6. The monoisotopic (exact) mass is 462 g/mol. The maximum absolute atomic E-state index is 13.7. The Morgan fingerprint density at radius 1 is 1.00 bits per heavy atom. The maximum atomic E-state index is 13.7. The minimum Gasteiger partial charge on any atom is -0.477 e. The van der Waals surface area contributed by atoms with Crippen LogP contribution in [0.25, 0.3) is 0 Å². The number of ether oxygens (including phenoxy) is 1. The number of carbonyl (C=O) groups is 1. The normalized spacial score (nSPS) is 17.0. The molecule has 2 aromatic carbocycles.